The lowest BCUT2D eigenvalue weighted by Gasteiger charge is -2.06. The number of hydrogen-bond acceptors (Lipinski definition) is 4. The molecule has 0 bridgehead atoms. The van der Waals surface area contributed by atoms with Crippen LogP contribution in [0.4, 0.5) is 0 Å². The summed E-state index contributed by atoms with van der Waals surface area (Å²) in [6, 6.07) is 15.2. The smallest absolute Gasteiger partial charge is 0.120 e. The number of rotatable bonds is 6. The van der Waals surface area contributed by atoms with Gasteiger partial charge in [0.25, 0.3) is 0 Å². The number of hydrogen-bond donors (Lipinski definition) is 0. The lowest BCUT2D eigenvalue weighted by atomic mass is 10.1. The van der Waals surface area contributed by atoms with E-state index in [-0.39, 0.29) is 0 Å². The summed E-state index contributed by atoms with van der Waals surface area (Å²) in [6.45, 7) is 1.03. The first kappa shape index (κ1) is 14.8. The first-order valence-corrected chi connectivity index (χ1v) is 6.58. The van der Waals surface area contributed by atoms with Crippen molar-refractivity contribution in [3.63, 3.8) is 0 Å². The normalized spacial score (nSPS) is 11.0. The minimum absolute atomic E-state index is 0.495. The highest BCUT2D eigenvalue weighted by atomic mass is 16.5. The second-order valence-corrected chi connectivity index (χ2v) is 4.30. The average Bonchev–Trinajstić information content (AvgIpc) is 2.54. The number of nitrogens with zero attached hydrogens (tertiary/aromatic N) is 2. The lowest BCUT2D eigenvalue weighted by Crippen LogP contribution is -2.04. The zero-order valence-corrected chi connectivity index (χ0v) is 11.8. The maximum atomic E-state index is 9.28. The van der Waals surface area contributed by atoms with Crippen LogP contribution in [0.2, 0.25) is 0 Å². The Morgan fingerprint density at radius 3 is 2.86 bits per heavy atom. The van der Waals surface area contributed by atoms with E-state index in [4.69, 9.17) is 9.47 Å². The van der Waals surface area contributed by atoms with Crippen molar-refractivity contribution in [1.29, 1.82) is 5.26 Å². The van der Waals surface area contributed by atoms with E-state index in [2.05, 4.69) is 11.1 Å². The summed E-state index contributed by atoms with van der Waals surface area (Å²) >= 11 is 0. The highest BCUT2D eigenvalue weighted by Gasteiger charge is 2.02. The summed E-state index contributed by atoms with van der Waals surface area (Å²) in [6.07, 6.45) is 3.47. The Balaban J connectivity index is 2.19. The Morgan fingerprint density at radius 1 is 1.24 bits per heavy atom. The van der Waals surface area contributed by atoms with Crippen LogP contribution in [0.5, 0.6) is 5.75 Å². The number of pyridine rings is 1. The van der Waals surface area contributed by atoms with E-state index < -0.39 is 0 Å². The molecule has 0 saturated carbocycles. The van der Waals surface area contributed by atoms with Gasteiger partial charge in [-0.2, -0.15) is 5.26 Å². The predicted molar refractivity (Wildman–Crippen MR) is 81.5 cm³/mol. The maximum Gasteiger partial charge on any atom is 0.120 e. The average molecular weight is 280 g/mol. The van der Waals surface area contributed by atoms with E-state index in [1.165, 1.54) is 0 Å². The Labute approximate surface area is 124 Å². The molecule has 4 heteroatoms. The monoisotopic (exact) mass is 280 g/mol. The zero-order valence-electron chi connectivity index (χ0n) is 11.8. The van der Waals surface area contributed by atoms with Crippen molar-refractivity contribution in [3.8, 4) is 11.8 Å². The summed E-state index contributed by atoms with van der Waals surface area (Å²) in [5.41, 5.74) is 2.07. The van der Waals surface area contributed by atoms with Crippen LogP contribution in [-0.4, -0.2) is 25.3 Å². The van der Waals surface area contributed by atoms with E-state index in [0.29, 0.717) is 24.5 Å². The van der Waals surface area contributed by atoms with Crippen molar-refractivity contribution in [3.05, 3.63) is 59.9 Å². The SMILES string of the molecule is COCCOc1cccc(/C=C(/C#N)c2ccccn2)c1. The van der Waals surface area contributed by atoms with Gasteiger partial charge in [0.05, 0.1) is 17.9 Å². The second-order valence-electron chi connectivity index (χ2n) is 4.30. The van der Waals surface area contributed by atoms with Crippen molar-refractivity contribution >= 4 is 11.6 Å². The third-order valence-corrected chi connectivity index (χ3v) is 2.79. The molecule has 0 saturated heterocycles. The van der Waals surface area contributed by atoms with Crippen molar-refractivity contribution in [2.45, 2.75) is 0 Å². The molecule has 1 aromatic carbocycles. The molecular weight excluding hydrogens is 264 g/mol. The predicted octanol–water partition coefficient (Wildman–Crippen LogP) is 3.17. The molecule has 0 aliphatic heterocycles. The minimum Gasteiger partial charge on any atom is -0.491 e. The first-order valence-electron chi connectivity index (χ1n) is 6.58. The molecule has 4 nitrogen and oxygen atoms in total. The summed E-state index contributed by atoms with van der Waals surface area (Å²) in [5, 5.41) is 9.28. The fourth-order valence-corrected chi connectivity index (χ4v) is 1.79. The number of methoxy groups -OCH3 is 1. The number of benzene rings is 1. The molecule has 0 fully saturated rings. The molecule has 0 aliphatic carbocycles. The van der Waals surface area contributed by atoms with Gasteiger partial charge in [-0.05, 0) is 35.9 Å². The van der Waals surface area contributed by atoms with Crippen molar-refractivity contribution in [1.82, 2.24) is 4.98 Å². The fourth-order valence-electron chi connectivity index (χ4n) is 1.79. The van der Waals surface area contributed by atoms with Crippen molar-refractivity contribution in [2.75, 3.05) is 20.3 Å². The van der Waals surface area contributed by atoms with Gasteiger partial charge in [-0.15, -0.1) is 0 Å². The minimum atomic E-state index is 0.495. The van der Waals surface area contributed by atoms with Gasteiger partial charge >= 0.3 is 0 Å². The standard InChI is InChI=1S/C17H16N2O2/c1-20-9-10-21-16-6-4-5-14(12-16)11-15(13-18)17-7-2-3-8-19-17/h2-8,11-12H,9-10H2,1H3/b15-11-. The molecule has 0 N–H and O–H groups in total. The number of nitriles is 1. The Kier molecular flexibility index (Phi) is 5.50. The van der Waals surface area contributed by atoms with Crippen LogP contribution in [0, 0.1) is 11.3 Å². The Morgan fingerprint density at radius 2 is 2.14 bits per heavy atom. The highest BCUT2D eigenvalue weighted by molar-refractivity contribution is 5.88. The van der Waals surface area contributed by atoms with E-state index in [0.717, 1.165) is 11.3 Å². The Bertz CT molecular complexity index is 645. The van der Waals surface area contributed by atoms with Crippen LogP contribution < -0.4 is 4.74 Å². The van der Waals surface area contributed by atoms with Gasteiger partial charge in [-0.25, -0.2) is 0 Å². The number of aromatic nitrogens is 1. The molecule has 2 aromatic rings. The van der Waals surface area contributed by atoms with Crippen molar-refractivity contribution < 1.29 is 9.47 Å². The van der Waals surface area contributed by atoms with E-state index in [1.54, 1.807) is 19.4 Å². The second kappa shape index (κ2) is 7.83. The van der Waals surface area contributed by atoms with Crippen LogP contribution in [0.25, 0.3) is 11.6 Å². The van der Waals surface area contributed by atoms with Gasteiger partial charge in [-0.3, -0.25) is 4.98 Å². The molecule has 0 spiro atoms. The summed E-state index contributed by atoms with van der Waals surface area (Å²) in [5.74, 6) is 0.749. The summed E-state index contributed by atoms with van der Waals surface area (Å²) < 4.78 is 10.5. The summed E-state index contributed by atoms with van der Waals surface area (Å²) in [7, 11) is 1.63. The highest BCUT2D eigenvalue weighted by Crippen LogP contribution is 2.19. The number of ether oxygens (including phenoxy) is 2. The molecular formula is C17H16N2O2. The van der Waals surface area contributed by atoms with E-state index >= 15 is 0 Å². The molecule has 0 unspecified atom stereocenters. The van der Waals surface area contributed by atoms with E-state index in [1.807, 2.05) is 42.5 Å². The van der Waals surface area contributed by atoms with Crippen LogP contribution in [-0.2, 0) is 4.74 Å². The number of allylic oxidation sites excluding steroid dienone is 1. The van der Waals surface area contributed by atoms with Gasteiger partial charge in [0.2, 0.25) is 0 Å². The van der Waals surface area contributed by atoms with Gasteiger partial charge in [0.1, 0.15) is 18.4 Å². The van der Waals surface area contributed by atoms with Gasteiger partial charge < -0.3 is 9.47 Å². The van der Waals surface area contributed by atoms with Gasteiger partial charge in [0.15, 0.2) is 0 Å². The quantitative estimate of drug-likeness (QED) is 0.602. The molecule has 1 heterocycles. The first-order chi connectivity index (χ1) is 10.3. The third-order valence-electron chi connectivity index (χ3n) is 2.79. The molecule has 0 atom stereocenters. The summed E-state index contributed by atoms with van der Waals surface area (Å²) in [4.78, 5) is 4.19. The lowest BCUT2D eigenvalue weighted by molar-refractivity contribution is 0.146. The molecule has 0 amide bonds. The van der Waals surface area contributed by atoms with Crippen LogP contribution in [0.15, 0.2) is 48.7 Å². The largest absolute Gasteiger partial charge is 0.491 e. The third kappa shape index (κ3) is 4.44. The molecule has 0 aliphatic rings. The zero-order chi connectivity index (χ0) is 14.9. The molecule has 21 heavy (non-hydrogen) atoms. The van der Waals surface area contributed by atoms with Gasteiger partial charge in [0, 0.05) is 13.3 Å². The molecule has 0 radical (unpaired) electrons. The van der Waals surface area contributed by atoms with Crippen LogP contribution in [0.1, 0.15) is 11.3 Å². The molecule has 106 valence electrons. The maximum absolute atomic E-state index is 9.28. The van der Waals surface area contributed by atoms with Crippen molar-refractivity contribution in [2.24, 2.45) is 0 Å². The molecule has 2 rings (SSSR count). The molecule has 1 aromatic heterocycles. The van der Waals surface area contributed by atoms with E-state index in [9.17, 15) is 5.26 Å². The van der Waals surface area contributed by atoms with Gasteiger partial charge in [-0.1, -0.05) is 18.2 Å². The Hall–Kier alpha value is -2.64. The fraction of sp³-hybridized carbons (Fsp3) is 0.176. The topological polar surface area (TPSA) is 55.1 Å². The van der Waals surface area contributed by atoms with Crippen LogP contribution >= 0.6 is 0 Å². The van der Waals surface area contributed by atoms with Crippen LogP contribution in [0.3, 0.4) is 0 Å².